The lowest BCUT2D eigenvalue weighted by Gasteiger charge is -2.09. The number of cyclic esters (lactones) is 1. The Balaban J connectivity index is 1.82. The summed E-state index contributed by atoms with van der Waals surface area (Å²) in [5, 5.41) is 2.62. The van der Waals surface area contributed by atoms with Gasteiger partial charge in [0.15, 0.2) is 0 Å². The van der Waals surface area contributed by atoms with E-state index in [9.17, 15) is 9.59 Å². The molecule has 2 rings (SSSR count). The van der Waals surface area contributed by atoms with Crippen LogP contribution in [-0.2, 0) is 9.53 Å². The first kappa shape index (κ1) is 12.4. The highest BCUT2D eigenvalue weighted by atomic mass is 79.9. The number of hydrogen-bond donors (Lipinski definition) is 3. The van der Waals surface area contributed by atoms with Crippen molar-refractivity contribution in [2.45, 2.75) is 0 Å². The lowest BCUT2D eigenvalue weighted by atomic mass is 10.3. The number of nitrogens with one attached hydrogen (secondary N) is 3. The van der Waals surface area contributed by atoms with E-state index in [1.54, 1.807) is 18.2 Å². The number of rotatable bonds is 3. The number of hydrazine groups is 1. The minimum atomic E-state index is -0.437. The summed E-state index contributed by atoms with van der Waals surface area (Å²) in [6.07, 6.45) is 1.28. The summed E-state index contributed by atoms with van der Waals surface area (Å²) in [6, 6.07) is 6.74. The van der Waals surface area contributed by atoms with Crippen LogP contribution in [0, 0.1) is 0 Å². The summed E-state index contributed by atoms with van der Waals surface area (Å²) in [6.45, 7) is 0.135. The molecule has 1 aliphatic heterocycles. The lowest BCUT2D eigenvalue weighted by Crippen LogP contribution is -2.40. The number of hydrogen-bond acceptors (Lipinski definition) is 4. The van der Waals surface area contributed by atoms with Gasteiger partial charge in [0.1, 0.15) is 6.61 Å². The topological polar surface area (TPSA) is 79.5 Å². The molecule has 1 aromatic rings. The van der Waals surface area contributed by atoms with Crippen molar-refractivity contribution in [3.63, 3.8) is 0 Å². The Hall–Kier alpha value is -2.02. The summed E-state index contributed by atoms with van der Waals surface area (Å²) >= 11 is 3.30. The van der Waals surface area contributed by atoms with E-state index in [0.717, 1.165) is 4.47 Å². The number of anilines is 1. The Kier molecular flexibility index (Phi) is 3.83. The van der Waals surface area contributed by atoms with Crippen LogP contribution in [0.3, 0.4) is 0 Å². The quantitative estimate of drug-likeness (QED) is 0.584. The molecule has 0 aromatic heterocycles. The van der Waals surface area contributed by atoms with Gasteiger partial charge in [0.2, 0.25) is 0 Å². The van der Waals surface area contributed by atoms with Gasteiger partial charge in [-0.15, -0.1) is 0 Å². The highest BCUT2D eigenvalue weighted by Gasteiger charge is 2.12. The molecule has 0 saturated heterocycles. The number of ether oxygens (including phenoxy) is 1. The maximum atomic E-state index is 11.5. The fourth-order valence-electron chi connectivity index (χ4n) is 1.31. The highest BCUT2D eigenvalue weighted by Crippen LogP contribution is 2.15. The largest absolute Gasteiger partial charge is 0.456 e. The van der Waals surface area contributed by atoms with Gasteiger partial charge in [0, 0.05) is 16.2 Å². The van der Waals surface area contributed by atoms with Crippen LogP contribution in [0.15, 0.2) is 40.5 Å². The van der Waals surface area contributed by atoms with Crippen LogP contribution < -0.4 is 16.2 Å². The predicted molar refractivity (Wildman–Crippen MR) is 68.5 cm³/mol. The molecule has 0 saturated carbocycles. The van der Waals surface area contributed by atoms with E-state index < -0.39 is 12.0 Å². The number of halogens is 1. The molecule has 3 N–H and O–H groups in total. The van der Waals surface area contributed by atoms with Gasteiger partial charge in [-0.25, -0.2) is 9.59 Å². The maximum absolute atomic E-state index is 11.5. The average molecular weight is 312 g/mol. The summed E-state index contributed by atoms with van der Waals surface area (Å²) in [4.78, 5) is 22.3. The van der Waals surface area contributed by atoms with E-state index in [2.05, 4.69) is 36.8 Å². The molecule has 0 spiro atoms. The molecule has 0 bridgehead atoms. The monoisotopic (exact) mass is 311 g/mol. The van der Waals surface area contributed by atoms with E-state index in [4.69, 9.17) is 0 Å². The lowest BCUT2D eigenvalue weighted by molar-refractivity contribution is -0.134. The molecule has 1 aliphatic rings. The Labute approximate surface area is 111 Å². The van der Waals surface area contributed by atoms with Gasteiger partial charge in [0.25, 0.3) is 0 Å². The van der Waals surface area contributed by atoms with Crippen molar-refractivity contribution in [3.8, 4) is 0 Å². The first-order valence-corrected chi connectivity index (χ1v) is 5.89. The number of benzene rings is 1. The van der Waals surface area contributed by atoms with Gasteiger partial charge < -0.3 is 10.1 Å². The summed E-state index contributed by atoms with van der Waals surface area (Å²) in [7, 11) is 0. The molecule has 6 nitrogen and oxygen atoms in total. The van der Waals surface area contributed by atoms with Crippen molar-refractivity contribution in [2.75, 3.05) is 11.9 Å². The number of carbonyl (C=O) groups is 2. The zero-order valence-electron chi connectivity index (χ0n) is 9.20. The smallest absolute Gasteiger partial charge is 0.337 e. The van der Waals surface area contributed by atoms with Crippen molar-refractivity contribution in [1.82, 2.24) is 10.9 Å². The van der Waals surface area contributed by atoms with Crippen LogP contribution in [-0.4, -0.2) is 18.6 Å². The number of esters is 1. The highest BCUT2D eigenvalue weighted by molar-refractivity contribution is 9.10. The predicted octanol–water partition coefficient (Wildman–Crippen LogP) is 1.52. The molecule has 7 heteroatoms. The molecule has 0 radical (unpaired) electrons. The number of carbonyl (C=O) groups excluding carboxylic acids is 2. The van der Waals surface area contributed by atoms with Crippen LogP contribution >= 0.6 is 15.9 Å². The third-order valence-corrected chi connectivity index (χ3v) is 2.57. The fourth-order valence-corrected chi connectivity index (χ4v) is 1.71. The normalized spacial score (nSPS) is 13.6. The Morgan fingerprint density at radius 2 is 2.22 bits per heavy atom. The van der Waals surface area contributed by atoms with Gasteiger partial charge in [-0.05, 0) is 18.2 Å². The van der Waals surface area contributed by atoms with Crippen molar-refractivity contribution in [1.29, 1.82) is 0 Å². The number of urea groups is 1. The van der Waals surface area contributed by atoms with Gasteiger partial charge in [-0.1, -0.05) is 22.0 Å². The third-order valence-electron chi connectivity index (χ3n) is 2.08. The van der Waals surface area contributed by atoms with E-state index in [1.807, 2.05) is 6.07 Å². The molecule has 0 fully saturated rings. The maximum Gasteiger partial charge on any atom is 0.337 e. The zero-order valence-corrected chi connectivity index (χ0v) is 10.8. The number of amides is 2. The fraction of sp³-hybridized carbons (Fsp3) is 0.0909. The average Bonchev–Trinajstić information content (AvgIpc) is 2.73. The van der Waals surface area contributed by atoms with Crippen LogP contribution in [0.25, 0.3) is 0 Å². The molecular formula is C11H10BrN3O3. The van der Waals surface area contributed by atoms with Gasteiger partial charge >= 0.3 is 12.0 Å². The molecule has 2 amide bonds. The minimum Gasteiger partial charge on any atom is -0.456 e. The van der Waals surface area contributed by atoms with Gasteiger partial charge in [-0.2, -0.15) is 0 Å². The second-order valence-electron chi connectivity index (χ2n) is 3.49. The van der Waals surface area contributed by atoms with Crippen molar-refractivity contribution >= 4 is 33.6 Å². The van der Waals surface area contributed by atoms with Gasteiger partial charge in [0.05, 0.1) is 5.70 Å². The molecule has 1 heterocycles. The van der Waals surface area contributed by atoms with Crippen molar-refractivity contribution in [3.05, 3.63) is 40.5 Å². The molecule has 94 valence electrons. The molecule has 0 atom stereocenters. The molecular weight excluding hydrogens is 302 g/mol. The first-order valence-electron chi connectivity index (χ1n) is 5.09. The van der Waals surface area contributed by atoms with E-state index >= 15 is 0 Å². The summed E-state index contributed by atoms with van der Waals surface area (Å²) in [5.74, 6) is -0.424. The molecule has 0 aliphatic carbocycles. The Bertz CT molecular complexity index is 516. The second kappa shape index (κ2) is 5.54. The summed E-state index contributed by atoms with van der Waals surface area (Å²) in [5.41, 5.74) is 6.14. The van der Waals surface area contributed by atoms with Crippen LogP contribution in [0.2, 0.25) is 0 Å². The van der Waals surface area contributed by atoms with Gasteiger partial charge in [-0.3, -0.25) is 10.9 Å². The Morgan fingerprint density at radius 1 is 1.39 bits per heavy atom. The standard InChI is InChI=1S/C11H10BrN3O3/c12-7-2-1-3-8(4-7)13-11(17)15-14-9-5-10(16)18-6-9/h1-5,14H,6H2,(H2,13,15,17). The van der Waals surface area contributed by atoms with Crippen LogP contribution in [0.4, 0.5) is 10.5 Å². The van der Waals surface area contributed by atoms with E-state index in [0.29, 0.717) is 11.4 Å². The van der Waals surface area contributed by atoms with Crippen LogP contribution in [0.5, 0.6) is 0 Å². The molecule has 1 aromatic carbocycles. The molecule has 0 unspecified atom stereocenters. The van der Waals surface area contributed by atoms with E-state index in [1.165, 1.54) is 6.08 Å². The Morgan fingerprint density at radius 3 is 2.89 bits per heavy atom. The van der Waals surface area contributed by atoms with Crippen molar-refractivity contribution < 1.29 is 14.3 Å². The summed E-state index contributed by atoms with van der Waals surface area (Å²) < 4.78 is 5.53. The minimum absolute atomic E-state index is 0.135. The van der Waals surface area contributed by atoms with Crippen molar-refractivity contribution in [2.24, 2.45) is 0 Å². The second-order valence-corrected chi connectivity index (χ2v) is 4.41. The van der Waals surface area contributed by atoms with E-state index in [-0.39, 0.29) is 6.61 Å². The SMILES string of the molecule is O=C(NNC1=CC(=O)OC1)Nc1cccc(Br)c1. The van der Waals surface area contributed by atoms with Crippen LogP contribution in [0.1, 0.15) is 0 Å². The first-order chi connectivity index (χ1) is 8.63. The third kappa shape index (κ3) is 3.49. The molecule has 18 heavy (non-hydrogen) atoms. The zero-order chi connectivity index (χ0) is 13.0.